The number of hydrogen-bond acceptors (Lipinski definition) is 2. The second-order valence-corrected chi connectivity index (χ2v) is 3.81. The van der Waals surface area contributed by atoms with E-state index in [1.807, 2.05) is 24.3 Å². The van der Waals surface area contributed by atoms with Gasteiger partial charge in [0.1, 0.15) is 5.75 Å². The first-order valence-electron chi connectivity index (χ1n) is 5.35. The van der Waals surface area contributed by atoms with E-state index in [0.717, 1.165) is 24.3 Å². The van der Waals surface area contributed by atoms with Crippen molar-refractivity contribution < 1.29 is 9.53 Å². The van der Waals surface area contributed by atoms with Crippen LogP contribution in [0.15, 0.2) is 24.3 Å². The molecule has 0 spiro atoms. The molecule has 1 fully saturated rings. The van der Waals surface area contributed by atoms with E-state index in [-0.39, 0.29) is 0 Å². The Balaban J connectivity index is 2.00. The predicted molar refractivity (Wildman–Crippen MR) is 59.0 cm³/mol. The second-order valence-electron chi connectivity index (χ2n) is 3.81. The SMILES string of the molecule is O=CNc1cccc(OC2CCCC2)c1. The highest BCUT2D eigenvalue weighted by Gasteiger charge is 2.16. The van der Waals surface area contributed by atoms with Crippen LogP contribution in [0.25, 0.3) is 0 Å². The number of rotatable bonds is 4. The monoisotopic (exact) mass is 205 g/mol. The molecule has 0 unspecified atom stereocenters. The standard InChI is InChI=1S/C12H15NO2/c14-9-13-10-4-3-7-12(8-10)15-11-5-1-2-6-11/h3-4,7-9,11H,1-2,5-6H2,(H,13,14). The molecule has 1 N–H and O–H groups in total. The van der Waals surface area contributed by atoms with E-state index in [2.05, 4.69) is 5.32 Å². The van der Waals surface area contributed by atoms with E-state index >= 15 is 0 Å². The number of ether oxygens (including phenoxy) is 1. The molecular formula is C12H15NO2. The van der Waals surface area contributed by atoms with Gasteiger partial charge in [-0.3, -0.25) is 4.79 Å². The summed E-state index contributed by atoms with van der Waals surface area (Å²) in [5, 5.41) is 2.61. The number of anilines is 1. The third-order valence-corrected chi connectivity index (χ3v) is 2.66. The maximum atomic E-state index is 10.3. The molecule has 80 valence electrons. The zero-order valence-corrected chi connectivity index (χ0v) is 8.61. The Morgan fingerprint density at radius 2 is 2.13 bits per heavy atom. The first kappa shape index (κ1) is 10.0. The minimum atomic E-state index is 0.358. The maximum Gasteiger partial charge on any atom is 0.211 e. The zero-order chi connectivity index (χ0) is 10.5. The van der Waals surface area contributed by atoms with Gasteiger partial charge in [0.15, 0.2) is 0 Å². The minimum absolute atomic E-state index is 0.358. The number of benzene rings is 1. The fourth-order valence-corrected chi connectivity index (χ4v) is 1.93. The summed E-state index contributed by atoms with van der Waals surface area (Å²) in [4.78, 5) is 10.3. The van der Waals surface area contributed by atoms with E-state index in [4.69, 9.17) is 4.74 Å². The number of nitrogens with one attached hydrogen (secondary N) is 1. The Morgan fingerprint density at radius 3 is 2.87 bits per heavy atom. The van der Waals surface area contributed by atoms with Crippen molar-refractivity contribution in [1.82, 2.24) is 0 Å². The normalized spacial score (nSPS) is 16.3. The highest BCUT2D eigenvalue weighted by atomic mass is 16.5. The highest BCUT2D eigenvalue weighted by molar-refractivity contribution is 5.71. The molecule has 1 aliphatic carbocycles. The molecule has 2 rings (SSSR count). The summed E-state index contributed by atoms with van der Waals surface area (Å²) in [5.74, 6) is 0.841. The van der Waals surface area contributed by atoms with Gasteiger partial charge < -0.3 is 10.1 Å². The molecule has 0 atom stereocenters. The quantitative estimate of drug-likeness (QED) is 0.767. The van der Waals surface area contributed by atoms with Crippen molar-refractivity contribution in [2.24, 2.45) is 0 Å². The van der Waals surface area contributed by atoms with Gasteiger partial charge in [-0.25, -0.2) is 0 Å². The Bertz CT molecular complexity index is 332. The van der Waals surface area contributed by atoms with Crippen molar-refractivity contribution in [1.29, 1.82) is 0 Å². The average molecular weight is 205 g/mol. The van der Waals surface area contributed by atoms with Crippen LogP contribution < -0.4 is 10.1 Å². The van der Waals surface area contributed by atoms with Crippen molar-refractivity contribution in [3.8, 4) is 5.75 Å². The van der Waals surface area contributed by atoms with Gasteiger partial charge >= 0.3 is 0 Å². The average Bonchev–Trinajstić information content (AvgIpc) is 2.71. The van der Waals surface area contributed by atoms with Crippen molar-refractivity contribution in [2.75, 3.05) is 5.32 Å². The molecule has 1 saturated carbocycles. The largest absolute Gasteiger partial charge is 0.490 e. The fourth-order valence-electron chi connectivity index (χ4n) is 1.93. The summed E-state index contributed by atoms with van der Waals surface area (Å²) in [7, 11) is 0. The first-order valence-corrected chi connectivity index (χ1v) is 5.35. The van der Waals surface area contributed by atoms with Crippen molar-refractivity contribution in [3.63, 3.8) is 0 Å². The van der Waals surface area contributed by atoms with Gasteiger partial charge in [0.05, 0.1) is 6.10 Å². The molecule has 0 radical (unpaired) electrons. The van der Waals surface area contributed by atoms with Gasteiger partial charge in [-0.2, -0.15) is 0 Å². The Kier molecular flexibility index (Phi) is 3.22. The molecule has 15 heavy (non-hydrogen) atoms. The Labute approximate surface area is 89.4 Å². The van der Waals surface area contributed by atoms with Crippen LogP contribution in [0.4, 0.5) is 5.69 Å². The van der Waals surface area contributed by atoms with Crippen LogP contribution in [0.2, 0.25) is 0 Å². The third kappa shape index (κ3) is 2.72. The molecule has 1 amide bonds. The summed E-state index contributed by atoms with van der Waals surface area (Å²) < 4.78 is 5.81. The van der Waals surface area contributed by atoms with Crippen LogP contribution in [0, 0.1) is 0 Å². The molecule has 0 heterocycles. The van der Waals surface area contributed by atoms with Crippen LogP contribution in [0.3, 0.4) is 0 Å². The molecule has 3 nitrogen and oxygen atoms in total. The molecule has 1 aliphatic rings. The van der Waals surface area contributed by atoms with Crippen molar-refractivity contribution >= 4 is 12.1 Å². The summed E-state index contributed by atoms with van der Waals surface area (Å²) in [6.07, 6.45) is 5.84. The van der Waals surface area contributed by atoms with Gasteiger partial charge in [0, 0.05) is 11.8 Å². The summed E-state index contributed by atoms with van der Waals surface area (Å²) in [5.41, 5.74) is 0.778. The molecule has 0 bridgehead atoms. The number of amides is 1. The van der Waals surface area contributed by atoms with Crippen molar-refractivity contribution in [3.05, 3.63) is 24.3 Å². The molecule has 0 aliphatic heterocycles. The third-order valence-electron chi connectivity index (χ3n) is 2.66. The van der Waals surface area contributed by atoms with E-state index in [0.29, 0.717) is 12.5 Å². The van der Waals surface area contributed by atoms with Gasteiger partial charge in [-0.15, -0.1) is 0 Å². The Hall–Kier alpha value is -1.51. The number of carbonyl (C=O) groups excluding carboxylic acids is 1. The second kappa shape index (κ2) is 4.82. The lowest BCUT2D eigenvalue weighted by atomic mass is 10.3. The number of hydrogen-bond donors (Lipinski definition) is 1. The lowest BCUT2D eigenvalue weighted by Crippen LogP contribution is -2.10. The zero-order valence-electron chi connectivity index (χ0n) is 8.61. The van der Waals surface area contributed by atoms with Gasteiger partial charge in [0.2, 0.25) is 6.41 Å². The van der Waals surface area contributed by atoms with Gasteiger partial charge in [0.25, 0.3) is 0 Å². The lowest BCUT2D eigenvalue weighted by Gasteiger charge is -2.13. The molecule has 0 saturated heterocycles. The number of carbonyl (C=O) groups is 1. The highest BCUT2D eigenvalue weighted by Crippen LogP contribution is 2.25. The van der Waals surface area contributed by atoms with Gasteiger partial charge in [-0.1, -0.05) is 6.07 Å². The van der Waals surface area contributed by atoms with Crippen molar-refractivity contribution in [2.45, 2.75) is 31.8 Å². The lowest BCUT2D eigenvalue weighted by molar-refractivity contribution is -0.105. The van der Waals surface area contributed by atoms with Gasteiger partial charge in [-0.05, 0) is 37.8 Å². The van der Waals surface area contributed by atoms with Crippen LogP contribution >= 0.6 is 0 Å². The van der Waals surface area contributed by atoms with Crippen LogP contribution in [-0.2, 0) is 4.79 Å². The minimum Gasteiger partial charge on any atom is -0.490 e. The van der Waals surface area contributed by atoms with Crippen LogP contribution in [-0.4, -0.2) is 12.5 Å². The topological polar surface area (TPSA) is 38.3 Å². The van der Waals surface area contributed by atoms with Crippen LogP contribution in [0.5, 0.6) is 5.75 Å². The van der Waals surface area contributed by atoms with E-state index in [1.54, 1.807) is 0 Å². The van der Waals surface area contributed by atoms with Crippen LogP contribution in [0.1, 0.15) is 25.7 Å². The summed E-state index contributed by atoms with van der Waals surface area (Å²) >= 11 is 0. The summed E-state index contributed by atoms with van der Waals surface area (Å²) in [6.45, 7) is 0. The fraction of sp³-hybridized carbons (Fsp3) is 0.417. The molecule has 1 aromatic carbocycles. The summed E-state index contributed by atoms with van der Waals surface area (Å²) in [6, 6.07) is 7.51. The molecular weight excluding hydrogens is 190 g/mol. The first-order chi connectivity index (χ1) is 7.38. The van der Waals surface area contributed by atoms with E-state index < -0.39 is 0 Å². The predicted octanol–water partition coefficient (Wildman–Crippen LogP) is 2.58. The molecule has 1 aromatic rings. The van der Waals surface area contributed by atoms with E-state index in [1.165, 1.54) is 12.8 Å². The van der Waals surface area contributed by atoms with E-state index in [9.17, 15) is 4.79 Å². The molecule has 0 aromatic heterocycles. The smallest absolute Gasteiger partial charge is 0.211 e. The molecule has 3 heteroatoms. The Morgan fingerprint density at radius 1 is 1.33 bits per heavy atom. The maximum absolute atomic E-state index is 10.3.